The highest BCUT2D eigenvalue weighted by molar-refractivity contribution is 7.88. The molecule has 0 saturated heterocycles. The fourth-order valence-electron chi connectivity index (χ4n) is 1.28. The van der Waals surface area contributed by atoms with Crippen molar-refractivity contribution in [3.8, 4) is 0 Å². The molecule has 1 heterocycles. The summed E-state index contributed by atoms with van der Waals surface area (Å²) in [6.07, 6.45) is 4.57. The van der Waals surface area contributed by atoms with Crippen molar-refractivity contribution in [1.29, 1.82) is 0 Å². The molecule has 3 N–H and O–H groups in total. The molecule has 0 spiro atoms. The number of rotatable bonds is 7. The summed E-state index contributed by atoms with van der Waals surface area (Å²) >= 11 is 0. The van der Waals surface area contributed by atoms with Crippen LogP contribution in [-0.2, 0) is 10.0 Å². The summed E-state index contributed by atoms with van der Waals surface area (Å²) in [6.45, 7) is 3.71. The van der Waals surface area contributed by atoms with Crippen molar-refractivity contribution < 1.29 is 8.42 Å². The van der Waals surface area contributed by atoms with E-state index in [1.54, 1.807) is 12.4 Å². The smallest absolute Gasteiger partial charge is 0.208 e. The summed E-state index contributed by atoms with van der Waals surface area (Å²) in [5, 5.41) is 6.24. The van der Waals surface area contributed by atoms with Crippen molar-refractivity contribution in [2.45, 2.75) is 6.92 Å². The van der Waals surface area contributed by atoms with Gasteiger partial charge in [-0.3, -0.25) is 4.98 Å². The fourth-order valence-corrected chi connectivity index (χ4v) is 1.75. The molecule has 6 nitrogen and oxygen atoms in total. The molecule has 7 heteroatoms. The number of aromatic nitrogens is 1. The average molecular weight is 258 g/mol. The van der Waals surface area contributed by atoms with Crippen LogP contribution in [0.3, 0.4) is 0 Å². The topological polar surface area (TPSA) is 83.1 Å². The SMILES string of the molecule is CCNc1cncc(NCCNS(C)(=O)=O)c1. The van der Waals surface area contributed by atoms with Crippen LogP contribution in [0.1, 0.15) is 6.92 Å². The summed E-state index contributed by atoms with van der Waals surface area (Å²) in [7, 11) is -3.11. The highest BCUT2D eigenvalue weighted by Gasteiger charge is 1.99. The van der Waals surface area contributed by atoms with Crippen LogP contribution in [0.2, 0.25) is 0 Å². The first-order valence-electron chi connectivity index (χ1n) is 5.38. The van der Waals surface area contributed by atoms with Gasteiger partial charge in [-0.25, -0.2) is 13.1 Å². The van der Waals surface area contributed by atoms with Gasteiger partial charge in [0.15, 0.2) is 0 Å². The van der Waals surface area contributed by atoms with Crippen LogP contribution in [0.5, 0.6) is 0 Å². The van der Waals surface area contributed by atoms with E-state index in [2.05, 4.69) is 20.3 Å². The minimum absolute atomic E-state index is 0.351. The molecule has 1 aromatic rings. The molecule has 0 fully saturated rings. The van der Waals surface area contributed by atoms with Gasteiger partial charge < -0.3 is 10.6 Å². The number of anilines is 2. The molecule has 0 bridgehead atoms. The van der Waals surface area contributed by atoms with E-state index < -0.39 is 10.0 Å². The molecule has 1 rings (SSSR count). The molecule has 96 valence electrons. The number of nitrogens with one attached hydrogen (secondary N) is 3. The lowest BCUT2D eigenvalue weighted by molar-refractivity contribution is 0.589. The molecule has 0 unspecified atom stereocenters. The first-order chi connectivity index (χ1) is 8.01. The molecular weight excluding hydrogens is 240 g/mol. The predicted molar refractivity (Wildman–Crippen MR) is 69.7 cm³/mol. The summed E-state index contributed by atoms with van der Waals surface area (Å²) in [4.78, 5) is 4.07. The molecule has 1 aromatic heterocycles. The van der Waals surface area contributed by atoms with E-state index in [1.165, 1.54) is 0 Å². The summed E-state index contributed by atoms with van der Waals surface area (Å²) in [5.41, 5.74) is 1.80. The van der Waals surface area contributed by atoms with E-state index in [-0.39, 0.29) is 0 Å². The van der Waals surface area contributed by atoms with E-state index in [1.807, 2.05) is 13.0 Å². The molecule has 17 heavy (non-hydrogen) atoms. The van der Waals surface area contributed by atoms with Crippen molar-refractivity contribution in [3.05, 3.63) is 18.5 Å². The molecular formula is C10H18N4O2S. The van der Waals surface area contributed by atoms with Crippen LogP contribution >= 0.6 is 0 Å². The zero-order valence-electron chi connectivity index (χ0n) is 10.0. The highest BCUT2D eigenvalue weighted by Crippen LogP contribution is 2.11. The van der Waals surface area contributed by atoms with Gasteiger partial charge in [-0.05, 0) is 13.0 Å². The molecule has 0 aliphatic rings. The standard InChI is InChI=1S/C10H18N4O2S/c1-3-12-9-6-10(8-11-7-9)13-4-5-14-17(2,15)16/h6-8,12-14H,3-5H2,1-2H3. The Morgan fingerprint density at radius 1 is 1.18 bits per heavy atom. The Morgan fingerprint density at radius 3 is 2.41 bits per heavy atom. The Kier molecular flexibility index (Phi) is 5.17. The molecule has 0 atom stereocenters. The van der Waals surface area contributed by atoms with Gasteiger partial charge >= 0.3 is 0 Å². The number of hydrogen-bond acceptors (Lipinski definition) is 5. The van der Waals surface area contributed by atoms with Crippen LogP contribution in [-0.4, -0.2) is 39.3 Å². The van der Waals surface area contributed by atoms with Gasteiger partial charge in [-0.1, -0.05) is 0 Å². The van der Waals surface area contributed by atoms with E-state index in [0.29, 0.717) is 13.1 Å². The second-order valence-electron chi connectivity index (χ2n) is 3.59. The van der Waals surface area contributed by atoms with Gasteiger partial charge in [0.2, 0.25) is 10.0 Å². The van der Waals surface area contributed by atoms with Crippen molar-refractivity contribution in [2.24, 2.45) is 0 Å². The van der Waals surface area contributed by atoms with Crippen molar-refractivity contribution in [2.75, 3.05) is 36.5 Å². The second kappa shape index (κ2) is 6.41. The van der Waals surface area contributed by atoms with Gasteiger partial charge in [0.1, 0.15) is 0 Å². The van der Waals surface area contributed by atoms with Crippen molar-refractivity contribution >= 4 is 21.4 Å². The molecule has 0 aliphatic heterocycles. The maximum absolute atomic E-state index is 10.8. The second-order valence-corrected chi connectivity index (χ2v) is 5.42. The van der Waals surface area contributed by atoms with Crippen LogP contribution in [0.15, 0.2) is 18.5 Å². The Hall–Kier alpha value is -1.34. The first kappa shape index (κ1) is 13.7. The average Bonchev–Trinajstić information content (AvgIpc) is 2.24. The fraction of sp³-hybridized carbons (Fsp3) is 0.500. The van der Waals surface area contributed by atoms with E-state index in [0.717, 1.165) is 24.2 Å². The minimum atomic E-state index is -3.11. The van der Waals surface area contributed by atoms with Crippen LogP contribution < -0.4 is 15.4 Å². The minimum Gasteiger partial charge on any atom is -0.384 e. The maximum atomic E-state index is 10.8. The number of pyridine rings is 1. The van der Waals surface area contributed by atoms with Gasteiger partial charge in [0.05, 0.1) is 30.0 Å². The summed E-state index contributed by atoms with van der Waals surface area (Å²) < 4.78 is 24.0. The lowest BCUT2D eigenvalue weighted by Gasteiger charge is -2.08. The van der Waals surface area contributed by atoms with E-state index in [4.69, 9.17) is 0 Å². The summed E-state index contributed by atoms with van der Waals surface area (Å²) in [6, 6.07) is 1.93. The largest absolute Gasteiger partial charge is 0.384 e. The third kappa shape index (κ3) is 6.08. The Labute approximate surface area is 102 Å². The third-order valence-electron chi connectivity index (χ3n) is 1.94. The van der Waals surface area contributed by atoms with E-state index >= 15 is 0 Å². The lowest BCUT2D eigenvalue weighted by Crippen LogP contribution is -2.27. The number of nitrogens with zero attached hydrogens (tertiary/aromatic N) is 1. The zero-order valence-corrected chi connectivity index (χ0v) is 10.8. The molecule has 0 aromatic carbocycles. The monoisotopic (exact) mass is 258 g/mol. The van der Waals surface area contributed by atoms with Crippen LogP contribution in [0.4, 0.5) is 11.4 Å². The molecule has 0 saturated carbocycles. The molecule has 0 radical (unpaired) electrons. The van der Waals surface area contributed by atoms with Crippen LogP contribution in [0, 0.1) is 0 Å². The van der Waals surface area contributed by atoms with Gasteiger partial charge in [-0.15, -0.1) is 0 Å². The van der Waals surface area contributed by atoms with Gasteiger partial charge in [0.25, 0.3) is 0 Å². The third-order valence-corrected chi connectivity index (χ3v) is 2.67. The van der Waals surface area contributed by atoms with Gasteiger partial charge in [-0.2, -0.15) is 0 Å². The van der Waals surface area contributed by atoms with Crippen LogP contribution in [0.25, 0.3) is 0 Å². The van der Waals surface area contributed by atoms with Crippen molar-refractivity contribution in [1.82, 2.24) is 9.71 Å². The molecule has 0 amide bonds. The first-order valence-corrected chi connectivity index (χ1v) is 7.28. The number of hydrogen-bond donors (Lipinski definition) is 3. The Morgan fingerprint density at radius 2 is 1.82 bits per heavy atom. The normalized spacial score (nSPS) is 11.2. The number of sulfonamides is 1. The maximum Gasteiger partial charge on any atom is 0.208 e. The highest BCUT2D eigenvalue weighted by atomic mass is 32.2. The van der Waals surface area contributed by atoms with Gasteiger partial charge in [0, 0.05) is 19.6 Å². The van der Waals surface area contributed by atoms with E-state index in [9.17, 15) is 8.42 Å². The Balaban J connectivity index is 2.38. The zero-order chi connectivity index (χ0) is 12.7. The predicted octanol–water partition coefficient (Wildman–Crippen LogP) is 0.474. The lowest BCUT2D eigenvalue weighted by atomic mass is 10.3. The quantitative estimate of drug-likeness (QED) is 0.619. The van der Waals surface area contributed by atoms with Crippen molar-refractivity contribution in [3.63, 3.8) is 0 Å². The Bertz CT molecular complexity index is 447. The summed E-state index contributed by atoms with van der Waals surface area (Å²) in [5.74, 6) is 0. The molecule has 0 aliphatic carbocycles.